The van der Waals surface area contributed by atoms with Crippen LogP contribution in [0.5, 0.6) is 28.9 Å². The van der Waals surface area contributed by atoms with Crippen molar-refractivity contribution in [1.29, 1.82) is 0 Å². The van der Waals surface area contributed by atoms with Crippen molar-refractivity contribution in [3.63, 3.8) is 0 Å². The first-order valence-electron chi connectivity index (χ1n) is 39.1. The van der Waals surface area contributed by atoms with E-state index in [9.17, 15) is 49.8 Å². The number of aromatic nitrogens is 6. The quantitative estimate of drug-likeness (QED) is 0.0249. The van der Waals surface area contributed by atoms with Crippen LogP contribution in [0.4, 0.5) is 22.0 Å². The van der Waals surface area contributed by atoms with Crippen molar-refractivity contribution in [2.75, 3.05) is 94.3 Å². The molecular weight excluding hydrogens is 1610 g/mol. The van der Waals surface area contributed by atoms with Gasteiger partial charge in [0, 0.05) is 90.0 Å². The maximum Gasteiger partial charge on any atom is 0.307 e. The Labute approximate surface area is 702 Å². The number of carboxylic acids is 2. The number of hydrogen-bond donors (Lipinski definition) is 3. The van der Waals surface area contributed by atoms with Gasteiger partial charge in [-0.1, -0.05) is 76.2 Å². The van der Waals surface area contributed by atoms with Gasteiger partial charge < -0.3 is 48.5 Å². The third kappa shape index (κ3) is 23.7. The number of carboxylic acid groups (broad SMARTS) is 2. The molecule has 0 atom stereocenters. The predicted octanol–water partition coefficient (Wildman–Crippen LogP) is 13.8. The van der Waals surface area contributed by atoms with Gasteiger partial charge in [-0.2, -0.15) is 23.2 Å². The molecule has 4 aromatic heterocycles. The summed E-state index contributed by atoms with van der Waals surface area (Å²) in [6, 6.07) is 39.1. The molecule has 2 fully saturated rings. The molecule has 6 heterocycles. The van der Waals surface area contributed by atoms with Gasteiger partial charge in [0.15, 0.2) is 11.6 Å². The number of aliphatic hydroxyl groups excluding tert-OH is 1. The number of methoxy groups -OCH3 is 4. The van der Waals surface area contributed by atoms with Crippen LogP contribution in [0.1, 0.15) is 123 Å². The molecule has 2 aliphatic heterocycles. The molecule has 0 spiro atoms. The number of rotatable bonds is 34. The lowest BCUT2D eigenvalue weighted by molar-refractivity contribution is -0.137. The van der Waals surface area contributed by atoms with Crippen molar-refractivity contribution in [1.82, 2.24) is 47.9 Å². The maximum absolute atomic E-state index is 17.1. The van der Waals surface area contributed by atoms with Crippen molar-refractivity contribution in [3.8, 4) is 51.1 Å². The summed E-state index contributed by atoms with van der Waals surface area (Å²) >= 11 is 0. The highest BCUT2D eigenvalue weighted by atomic mass is 32.2. The second-order valence-electron chi connectivity index (χ2n) is 31.0. The Hall–Kier alpha value is -10.8. The highest BCUT2D eigenvalue weighted by Crippen LogP contribution is 2.38. The average molecular weight is 1720 g/mol. The zero-order chi connectivity index (χ0) is 87.7. The Morgan fingerprint density at radius 3 is 1.15 bits per heavy atom. The maximum atomic E-state index is 17.1. The first-order chi connectivity index (χ1) is 57.6. The van der Waals surface area contributed by atoms with Gasteiger partial charge in [0.2, 0.25) is 21.9 Å². The van der Waals surface area contributed by atoms with Gasteiger partial charge in [-0.15, -0.1) is 0 Å². The van der Waals surface area contributed by atoms with Gasteiger partial charge in [0.05, 0.1) is 96.8 Å². The van der Waals surface area contributed by atoms with Crippen molar-refractivity contribution in [3.05, 3.63) is 243 Å². The van der Waals surface area contributed by atoms with Gasteiger partial charge in [-0.05, 0) is 191 Å². The molecule has 2 aliphatic rings. The molecule has 121 heavy (non-hydrogen) atoms. The lowest BCUT2D eigenvalue weighted by Gasteiger charge is -2.30. The summed E-state index contributed by atoms with van der Waals surface area (Å²) in [5, 5.41) is 36.3. The molecular formula is C88H103F5N10O16S2. The monoisotopic (exact) mass is 1710 g/mol. The van der Waals surface area contributed by atoms with Gasteiger partial charge in [0.25, 0.3) is 20.0 Å². The van der Waals surface area contributed by atoms with Gasteiger partial charge >= 0.3 is 11.9 Å². The number of benzene rings is 6. The number of sulfonamides is 2. The van der Waals surface area contributed by atoms with Crippen LogP contribution in [0.3, 0.4) is 0 Å². The molecule has 10 aromatic rings. The fourth-order valence-corrected chi connectivity index (χ4v) is 16.8. The van der Waals surface area contributed by atoms with Crippen molar-refractivity contribution in [2.24, 2.45) is 0 Å². The summed E-state index contributed by atoms with van der Waals surface area (Å²) < 4.78 is 176. The van der Waals surface area contributed by atoms with E-state index >= 15 is 8.78 Å². The number of halogens is 5. The Bertz CT molecular complexity index is 5320. The van der Waals surface area contributed by atoms with Crippen LogP contribution in [0.25, 0.3) is 22.3 Å². The summed E-state index contributed by atoms with van der Waals surface area (Å²) in [6.07, 6.45) is 2.20. The van der Waals surface area contributed by atoms with Crippen LogP contribution in [0.2, 0.25) is 0 Å². The number of nitrogens with zero attached hydrogens (tertiary/aromatic N) is 10. The number of ether oxygens (including phenoxy) is 7. The predicted molar refractivity (Wildman–Crippen MR) is 443 cm³/mol. The van der Waals surface area contributed by atoms with E-state index in [1.807, 2.05) is 37.5 Å². The van der Waals surface area contributed by atoms with Gasteiger partial charge in [-0.25, -0.2) is 44.4 Å². The molecule has 3 N–H and O–H groups in total. The van der Waals surface area contributed by atoms with Crippen molar-refractivity contribution >= 4 is 32.0 Å². The molecule has 33 heteroatoms. The zero-order valence-corrected chi connectivity index (χ0v) is 71.4. The van der Waals surface area contributed by atoms with E-state index in [0.29, 0.717) is 142 Å². The summed E-state index contributed by atoms with van der Waals surface area (Å²) in [5.41, 5.74) is 4.56. The standard InChI is InChI=1S/C44H51F2N5O8S.C28H37FN4O6S.C16H15F2NO2/c1-29(2)36-22-33(45)23-37(38(36)24-41(52)53)32-15-16-47-40(21-32)59-28-44(3,4)51-39(27-49-17-19-58-20-18-49)42(46)43(48-51)60(54,55)50(25-30-7-11-34(56-5)12-8-30)26-31-9-13-35(57-6)14-10-31;1-28(2,20-34)33-25(19-31-13-15-39-16-14-31)26(29)27(30-33)40(35,36)32(17-21-5-9-23(37-3)10-6-21)18-22-7-11-24(38-4)12-8-22;1-9(2)12-6-11(17)7-13(14(12)8-16(20)21)10-3-4-19-15(18)5-10/h7-16,21-23,29H,17-20,24-28H2,1-6H3,(H,52,53);5-12,34H,13-20H2,1-4H3;3-7,9H,8H2,1-2H3,(H,20,21). The smallest absolute Gasteiger partial charge is 0.307 e. The second-order valence-corrected chi connectivity index (χ2v) is 34.7. The first kappa shape index (κ1) is 92.5. The van der Waals surface area contributed by atoms with Crippen molar-refractivity contribution < 1.29 is 96.9 Å². The average Bonchev–Trinajstić information content (AvgIpc) is 1.61. The van der Waals surface area contributed by atoms with E-state index < -0.39 is 82.3 Å². The third-order valence-electron chi connectivity index (χ3n) is 20.6. The molecule has 26 nitrogen and oxygen atoms in total. The minimum Gasteiger partial charge on any atom is -0.497 e. The molecule has 6 aromatic carbocycles. The van der Waals surface area contributed by atoms with Crippen LogP contribution >= 0.6 is 0 Å². The molecule has 0 radical (unpaired) electrons. The molecule has 2 saturated heterocycles. The highest BCUT2D eigenvalue weighted by Gasteiger charge is 2.41. The number of morpholine rings is 2. The lowest BCUT2D eigenvalue weighted by atomic mass is 9.88. The van der Waals surface area contributed by atoms with Crippen LogP contribution < -0.4 is 23.7 Å². The van der Waals surface area contributed by atoms with Crippen LogP contribution in [-0.2, 0) is 102 Å². The van der Waals surface area contributed by atoms with E-state index in [4.69, 9.17) is 38.3 Å². The molecule has 0 bridgehead atoms. The lowest BCUT2D eigenvalue weighted by Crippen LogP contribution is -2.40. The minimum absolute atomic E-state index is 0.0210. The van der Waals surface area contributed by atoms with E-state index in [2.05, 4.69) is 20.2 Å². The SMILES string of the molecule is CC(C)c1cc(F)cc(-c2ccnc(F)c2)c1CC(=O)O.COc1ccc(CN(Cc2ccc(OC)cc2)S(=O)(=O)c2nn(C(C)(C)CO)c(CN3CCOCC3)c2F)cc1.COc1ccc(CN(Cc2ccc(OC)cc2)S(=O)(=O)c2nn(C(C)(C)COc3cc(-c4cc(F)cc(C(C)C)c4CC(=O)O)ccn3)c(CN3CCOCC3)c2F)cc1. The largest absolute Gasteiger partial charge is 0.497 e. The summed E-state index contributed by atoms with van der Waals surface area (Å²) in [7, 11) is -2.84. The number of aliphatic carboxylic acids is 2. The fourth-order valence-electron chi connectivity index (χ4n) is 14.0. The number of hydrogen-bond acceptors (Lipinski definition) is 20. The van der Waals surface area contributed by atoms with E-state index in [1.165, 1.54) is 81.0 Å². The third-order valence-corrected chi connectivity index (χ3v) is 23.9. The van der Waals surface area contributed by atoms with E-state index in [0.717, 1.165) is 0 Å². The Balaban J connectivity index is 0.000000215. The van der Waals surface area contributed by atoms with Crippen LogP contribution in [-0.4, -0.2) is 186 Å². The van der Waals surface area contributed by atoms with Gasteiger partial charge in [-0.3, -0.25) is 28.8 Å². The number of aliphatic hydroxyl groups is 1. The van der Waals surface area contributed by atoms with Gasteiger partial charge in [0.1, 0.15) is 41.2 Å². The van der Waals surface area contributed by atoms with Crippen LogP contribution in [0.15, 0.2) is 168 Å². The fraction of sp³-hybridized carbons (Fsp3) is 0.386. The number of pyridine rings is 2. The van der Waals surface area contributed by atoms with Crippen LogP contribution in [0, 0.1) is 29.2 Å². The number of carbonyl (C=O) groups is 2. The Morgan fingerprint density at radius 2 is 0.826 bits per heavy atom. The molecule has 0 unspecified atom stereocenters. The van der Waals surface area contributed by atoms with E-state index in [-0.39, 0.29) is 94.4 Å². The normalized spacial score (nSPS) is 13.7. The van der Waals surface area contributed by atoms with Crippen molar-refractivity contribution in [2.45, 2.75) is 140 Å². The molecule has 12 rings (SSSR count). The summed E-state index contributed by atoms with van der Waals surface area (Å²) in [4.78, 5) is 34.8. The summed E-state index contributed by atoms with van der Waals surface area (Å²) in [6.45, 7) is 17.8. The molecule has 0 saturated carbocycles. The molecule has 0 aliphatic carbocycles. The zero-order valence-electron chi connectivity index (χ0n) is 69.7. The topological polar surface area (TPSA) is 302 Å². The first-order valence-corrected chi connectivity index (χ1v) is 42.0. The second kappa shape index (κ2) is 41.2. The van der Waals surface area contributed by atoms with E-state index in [1.54, 1.807) is 151 Å². The minimum atomic E-state index is -4.60. The molecule has 0 amide bonds. The summed E-state index contributed by atoms with van der Waals surface area (Å²) in [5.74, 6) is -3.19. The Kier molecular flexibility index (Phi) is 31.5. The Morgan fingerprint density at radius 1 is 0.488 bits per heavy atom. The molecule has 648 valence electrons. The highest BCUT2D eigenvalue weighted by molar-refractivity contribution is 7.89.